The number of oxazole rings is 1. The molecule has 0 radical (unpaired) electrons. The van der Waals surface area contributed by atoms with Gasteiger partial charge in [-0.15, -0.1) is 0 Å². The molecule has 0 atom stereocenters. The molecule has 0 saturated heterocycles. The van der Waals surface area contributed by atoms with E-state index in [0.29, 0.717) is 0 Å². The zero-order valence-corrected chi connectivity index (χ0v) is 11.1. The van der Waals surface area contributed by atoms with Gasteiger partial charge in [0.2, 0.25) is 6.20 Å². The molecule has 0 amide bonds. The van der Waals surface area contributed by atoms with Gasteiger partial charge in [0.05, 0.1) is 0 Å². The Bertz CT molecular complexity index is 266. The van der Waals surface area contributed by atoms with Crippen LogP contribution in [-0.4, -0.2) is 30.1 Å². The quantitative estimate of drug-likeness (QED) is 0.393. The van der Waals surface area contributed by atoms with Crippen molar-refractivity contribution in [1.29, 1.82) is 0 Å². The second kappa shape index (κ2) is 6.80. The Morgan fingerprint density at radius 3 is 2.31 bits per heavy atom. The third-order valence-corrected chi connectivity index (χ3v) is 5.44. The zero-order chi connectivity index (χ0) is 11.9. The van der Waals surface area contributed by atoms with E-state index in [1.54, 1.807) is 34.0 Å². The lowest BCUT2D eigenvalue weighted by molar-refractivity contribution is -0.700. The summed E-state index contributed by atoms with van der Waals surface area (Å²) in [5.41, 5.74) is 0. The van der Waals surface area contributed by atoms with Crippen LogP contribution in [0.3, 0.4) is 0 Å². The molecule has 1 aromatic heterocycles. The summed E-state index contributed by atoms with van der Waals surface area (Å²) in [7, 11) is 2.56. The number of aryl methyl sites for hydroxylation is 1. The van der Waals surface area contributed by atoms with Crippen LogP contribution in [0.5, 0.6) is 0 Å². The van der Waals surface area contributed by atoms with Gasteiger partial charge in [-0.1, -0.05) is 0 Å². The molecule has 0 saturated carbocycles. The maximum atomic E-state index is 5.34. The molecule has 6 heteroatoms. The van der Waals surface area contributed by atoms with Crippen molar-refractivity contribution in [2.24, 2.45) is 0 Å². The van der Waals surface area contributed by atoms with Gasteiger partial charge in [0, 0.05) is 33.8 Å². The van der Waals surface area contributed by atoms with Crippen LogP contribution < -0.4 is 4.57 Å². The lowest BCUT2D eigenvalue weighted by atomic mass is 10.3. The van der Waals surface area contributed by atoms with Crippen molar-refractivity contribution in [3.63, 3.8) is 0 Å². The molecule has 0 aliphatic rings. The van der Waals surface area contributed by atoms with Crippen molar-refractivity contribution >= 4 is 8.80 Å². The van der Waals surface area contributed by atoms with Crippen molar-refractivity contribution < 1.29 is 22.3 Å². The van der Waals surface area contributed by atoms with E-state index in [2.05, 4.69) is 0 Å². The van der Waals surface area contributed by atoms with Crippen molar-refractivity contribution in [3.05, 3.63) is 18.9 Å². The van der Waals surface area contributed by atoms with Crippen LogP contribution in [0.4, 0.5) is 0 Å². The lowest BCUT2D eigenvalue weighted by Crippen LogP contribution is -2.42. The maximum Gasteiger partial charge on any atom is 0.500 e. The number of aromatic nitrogens is 1. The molecule has 0 aliphatic heterocycles. The molecule has 0 spiro atoms. The fraction of sp³-hybridized carbons (Fsp3) is 0.700. The van der Waals surface area contributed by atoms with E-state index in [9.17, 15) is 0 Å². The summed E-state index contributed by atoms with van der Waals surface area (Å²) in [5, 5.41) is 0. The third kappa shape index (κ3) is 3.71. The van der Waals surface area contributed by atoms with Gasteiger partial charge in [-0.05, 0) is 6.42 Å². The largest absolute Gasteiger partial charge is 0.500 e. The predicted molar refractivity (Wildman–Crippen MR) is 59.7 cm³/mol. The van der Waals surface area contributed by atoms with Crippen LogP contribution >= 0.6 is 0 Å². The van der Waals surface area contributed by atoms with E-state index in [0.717, 1.165) is 25.4 Å². The molecule has 5 nitrogen and oxygen atoms in total. The Morgan fingerprint density at radius 1 is 1.12 bits per heavy atom. The highest BCUT2D eigenvalue weighted by molar-refractivity contribution is 6.60. The first-order valence-electron chi connectivity index (χ1n) is 5.33. The fourth-order valence-electron chi connectivity index (χ4n) is 1.58. The standard InChI is InChI=1S/C10H20NO4Si/c1-12-16(13-2,14-3)9-5-4-6-11-7-8-15-10-11/h7-8,10H,4-6,9H2,1-3H3/q+1. The minimum atomic E-state index is -2.37. The Kier molecular flexibility index (Phi) is 5.68. The number of hydrogen-bond donors (Lipinski definition) is 0. The Labute approximate surface area is 97.3 Å². The highest BCUT2D eigenvalue weighted by Gasteiger charge is 2.36. The van der Waals surface area contributed by atoms with Crippen molar-refractivity contribution in [1.82, 2.24) is 0 Å². The van der Waals surface area contributed by atoms with Gasteiger partial charge < -0.3 is 17.7 Å². The summed E-state index contributed by atoms with van der Waals surface area (Å²) in [6.45, 7) is 0.943. The fourth-order valence-corrected chi connectivity index (χ4v) is 3.38. The molecule has 1 heterocycles. The van der Waals surface area contributed by atoms with Crippen LogP contribution in [0.25, 0.3) is 0 Å². The van der Waals surface area contributed by atoms with Crippen LogP contribution in [0, 0.1) is 0 Å². The Hall–Kier alpha value is -0.693. The Morgan fingerprint density at radius 2 is 1.81 bits per heavy atom. The first-order chi connectivity index (χ1) is 7.76. The van der Waals surface area contributed by atoms with Gasteiger partial charge in [0.15, 0.2) is 12.8 Å². The molecule has 16 heavy (non-hydrogen) atoms. The number of unbranched alkanes of at least 4 members (excludes halogenated alkanes) is 1. The molecule has 0 fully saturated rings. The summed E-state index contributed by atoms with van der Waals surface area (Å²) in [6.07, 6.45) is 7.34. The van der Waals surface area contributed by atoms with E-state index < -0.39 is 8.80 Å². The summed E-state index contributed by atoms with van der Waals surface area (Å²) >= 11 is 0. The zero-order valence-electron chi connectivity index (χ0n) is 10.1. The van der Waals surface area contributed by atoms with Crippen molar-refractivity contribution in [3.8, 4) is 0 Å². The van der Waals surface area contributed by atoms with Gasteiger partial charge >= 0.3 is 15.2 Å². The summed E-state index contributed by atoms with van der Waals surface area (Å²) < 4.78 is 23.0. The highest BCUT2D eigenvalue weighted by atomic mass is 28.4. The molecular weight excluding hydrogens is 226 g/mol. The summed E-state index contributed by atoms with van der Waals surface area (Å²) in [6, 6.07) is 0.842. The van der Waals surface area contributed by atoms with Gasteiger partial charge in [0.1, 0.15) is 0 Å². The van der Waals surface area contributed by atoms with Crippen molar-refractivity contribution in [2.45, 2.75) is 25.4 Å². The van der Waals surface area contributed by atoms with Crippen LogP contribution in [0.15, 0.2) is 23.3 Å². The van der Waals surface area contributed by atoms with E-state index in [1.807, 2.05) is 10.8 Å². The third-order valence-electron chi connectivity index (χ3n) is 2.61. The predicted octanol–water partition coefficient (Wildman–Crippen LogP) is 1.23. The number of hydrogen-bond acceptors (Lipinski definition) is 4. The van der Waals surface area contributed by atoms with Gasteiger partial charge in [-0.2, -0.15) is 4.57 Å². The second-order valence-corrected chi connectivity index (χ2v) is 6.61. The molecule has 0 aromatic carbocycles. The van der Waals surface area contributed by atoms with Gasteiger partial charge in [0.25, 0.3) is 0 Å². The molecule has 0 unspecified atom stereocenters. The van der Waals surface area contributed by atoms with E-state index in [1.165, 1.54) is 0 Å². The molecule has 0 bridgehead atoms. The average Bonchev–Trinajstić information content (AvgIpc) is 2.83. The number of rotatable bonds is 8. The van der Waals surface area contributed by atoms with Crippen LogP contribution in [-0.2, 0) is 19.8 Å². The van der Waals surface area contributed by atoms with E-state index in [-0.39, 0.29) is 0 Å². The van der Waals surface area contributed by atoms with E-state index >= 15 is 0 Å². The average molecular weight is 246 g/mol. The Balaban J connectivity index is 2.23. The SMILES string of the molecule is CO[Si](CCCC[n+]1ccoc1)(OC)OC. The molecule has 0 aliphatic carbocycles. The molecular formula is C10H20NO4Si+. The minimum Gasteiger partial charge on any atom is -0.412 e. The van der Waals surface area contributed by atoms with Gasteiger partial charge in [-0.3, -0.25) is 0 Å². The van der Waals surface area contributed by atoms with E-state index in [4.69, 9.17) is 17.7 Å². The molecule has 1 aromatic rings. The number of nitrogens with zero attached hydrogens (tertiary/aromatic N) is 1. The van der Waals surface area contributed by atoms with Gasteiger partial charge in [-0.25, -0.2) is 0 Å². The van der Waals surface area contributed by atoms with Crippen LogP contribution in [0.1, 0.15) is 12.8 Å². The summed E-state index contributed by atoms with van der Waals surface area (Å²) in [5.74, 6) is 0. The lowest BCUT2D eigenvalue weighted by Gasteiger charge is -2.23. The summed E-state index contributed by atoms with van der Waals surface area (Å²) in [4.78, 5) is 0. The molecule has 0 N–H and O–H groups in total. The normalized spacial score (nSPS) is 11.9. The molecule has 92 valence electrons. The minimum absolute atomic E-state index is 0.842. The smallest absolute Gasteiger partial charge is 0.412 e. The topological polar surface area (TPSA) is 44.7 Å². The van der Waals surface area contributed by atoms with Crippen molar-refractivity contribution in [2.75, 3.05) is 21.3 Å². The monoisotopic (exact) mass is 246 g/mol. The van der Waals surface area contributed by atoms with Crippen LogP contribution in [0.2, 0.25) is 6.04 Å². The maximum absolute atomic E-state index is 5.34. The highest BCUT2D eigenvalue weighted by Crippen LogP contribution is 2.16. The first kappa shape index (κ1) is 13.4. The second-order valence-electron chi connectivity index (χ2n) is 3.52. The first-order valence-corrected chi connectivity index (χ1v) is 7.26. The molecule has 1 rings (SSSR count).